The van der Waals surface area contributed by atoms with Gasteiger partial charge in [-0.2, -0.15) is 13.2 Å². The maximum absolute atomic E-state index is 13.1. The molecule has 0 aliphatic rings. The molecule has 0 bridgehead atoms. The van der Waals surface area contributed by atoms with Crippen molar-refractivity contribution in [3.63, 3.8) is 0 Å². The Morgan fingerprint density at radius 1 is 1.00 bits per heavy atom. The van der Waals surface area contributed by atoms with E-state index in [9.17, 15) is 18.0 Å². The minimum atomic E-state index is -4.43. The number of furan rings is 1. The lowest BCUT2D eigenvalue weighted by atomic mass is 10.0. The Balaban J connectivity index is 1.38. The lowest BCUT2D eigenvalue weighted by Crippen LogP contribution is -2.28. The summed E-state index contributed by atoms with van der Waals surface area (Å²) in [7, 11) is 0. The van der Waals surface area contributed by atoms with E-state index >= 15 is 0 Å². The number of halogens is 3. The van der Waals surface area contributed by atoms with E-state index in [2.05, 4.69) is 15.5 Å². The number of thioether (sulfide) groups is 1. The Kier molecular flexibility index (Phi) is 7.36. The summed E-state index contributed by atoms with van der Waals surface area (Å²) >= 11 is 1.20. The quantitative estimate of drug-likeness (QED) is 0.335. The molecular formula is C24H21F3N4O2S. The van der Waals surface area contributed by atoms with Gasteiger partial charge < -0.3 is 9.73 Å². The maximum Gasteiger partial charge on any atom is 0.416 e. The molecule has 0 spiro atoms. The van der Waals surface area contributed by atoms with E-state index in [0.717, 1.165) is 11.6 Å². The van der Waals surface area contributed by atoms with Crippen molar-refractivity contribution in [2.75, 3.05) is 12.3 Å². The molecular weight excluding hydrogens is 465 g/mol. The van der Waals surface area contributed by atoms with Gasteiger partial charge >= 0.3 is 6.18 Å². The van der Waals surface area contributed by atoms with Gasteiger partial charge in [-0.05, 0) is 35.7 Å². The predicted octanol–water partition coefficient (Wildman–Crippen LogP) is 5.06. The largest absolute Gasteiger partial charge is 0.461 e. The van der Waals surface area contributed by atoms with Crippen molar-refractivity contribution in [2.24, 2.45) is 0 Å². The minimum absolute atomic E-state index is 0.0476. The van der Waals surface area contributed by atoms with Crippen molar-refractivity contribution < 1.29 is 22.4 Å². The zero-order chi connectivity index (χ0) is 24.0. The number of nitrogens with one attached hydrogen (secondary N) is 1. The number of rotatable bonds is 9. The fourth-order valence-corrected chi connectivity index (χ4v) is 4.19. The molecule has 2 aromatic heterocycles. The van der Waals surface area contributed by atoms with Crippen molar-refractivity contribution in [3.05, 3.63) is 89.7 Å². The van der Waals surface area contributed by atoms with Crippen molar-refractivity contribution in [1.82, 2.24) is 20.1 Å². The number of hydrogen-bond acceptors (Lipinski definition) is 5. The molecule has 0 aliphatic heterocycles. The Morgan fingerprint density at radius 3 is 2.50 bits per heavy atom. The van der Waals surface area contributed by atoms with Crippen molar-refractivity contribution >= 4 is 17.7 Å². The van der Waals surface area contributed by atoms with Crippen LogP contribution < -0.4 is 5.32 Å². The van der Waals surface area contributed by atoms with Gasteiger partial charge in [0.05, 0.1) is 24.1 Å². The highest BCUT2D eigenvalue weighted by atomic mass is 32.2. The lowest BCUT2D eigenvalue weighted by molar-refractivity contribution is -0.138. The second-order valence-corrected chi connectivity index (χ2v) is 8.34. The summed E-state index contributed by atoms with van der Waals surface area (Å²) in [6.07, 6.45) is -2.79. The summed E-state index contributed by atoms with van der Waals surface area (Å²) in [4.78, 5) is 12.4. The topological polar surface area (TPSA) is 73.0 Å². The van der Waals surface area contributed by atoms with Crippen LogP contribution >= 0.6 is 11.8 Å². The first-order valence-electron chi connectivity index (χ1n) is 10.5. The van der Waals surface area contributed by atoms with Crippen LogP contribution in [0.1, 0.15) is 16.7 Å². The van der Waals surface area contributed by atoms with Crippen LogP contribution in [0, 0.1) is 0 Å². The van der Waals surface area contributed by atoms with Crippen LogP contribution in [-0.2, 0) is 23.9 Å². The third-order valence-electron chi connectivity index (χ3n) is 5.01. The zero-order valence-electron chi connectivity index (χ0n) is 18.0. The SMILES string of the molecule is O=C(CSc1nnc(-c2ccco2)n1Cc1ccccc1)NCCc1ccccc1C(F)(F)F. The molecule has 2 aromatic carbocycles. The highest BCUT2D eigenvalue weighted by Gasteiger charge is 2.32. The standard InChI is InChI=1S/C24H21F3N4O2S/c25-24(26,27)19-10-5-4-9-18(19)12-13-28-21(32)16-34-23-30-29-22(20-11-6-14-33-20)31(23)15-17-7-2-1-3-8-17/h1-11,14H,12-13,15-16H2,(H,28,32). The molecule has 0 fully saturated rings. The average molecular weight is 487 g/mol. The smallest absolute Gasteiger partial charge is 0.416 e. The van der Waals surface area contributed by atoms with E-state index in [4.69, 9.17) is 4.42 Å². The Bertz CT molecular complexity index is 1220. The van der Waals surface area contributed by atoms with Crippen LogP contribution in [0.5, 0.6) is 0 Å². The maximum atomic E-state index is 13.1. The zero-order valence-corrected chi connectivity index (χ0v) is 18.8. The summed E-state index contributed by atoms with van der Waals surface area (Å²) in [5, 5.41) is 11.7. The number of carbonyl (C=O) groups excluding carboxylic acids is 1. The number of amides is 1. The summed E-state index contributed by atoms with van der Waals surface area (Å²) in [6, 6.07) is 18.7. The molecule has 176 valence electrons. The molecule has 0 saturated heterocycles. The average Bonchev–Trinajstić information content (AvgIpc) is 3.48. The molecule has 34 heavy (non-hydrogen) atoms. The normalized spacial score (nSPS) is 11.5. The van der Waals surface area contributed by atoms with Gasteiger partial charge in [-0.1, -0.05) is 60.3 Å². The van der Waals surface area contributed by atoms with Gasteiger partial charge in [-0.15, -0.1) is 10.2 Å². The third-order valence-corrected chi connectivity index (χ3v) is 5.98. The van der Waals surface area contributed by atoms with Crippen molar-refractivity contribution in [2.45, 2.75) is 24.3 Å². The molecule has 0 unspecified atom stereocenters. The van der Waals surface area contributed by atoms with Gasteiger partial charge in [0.1, 0.15) is 0 Å². The van der Waals surface area contributed by atoms with E-state index in [-0.39, 0.29) is 30.2 Å². The summed E-state index contributed by atoms with van der Waals surface area (Å²) in [5.41, 5.74) is 0.497. The molecule has 2 heterocycles. The van der Waals surface area contributed by atoms with Crippen LogP contribution in [0.25, 0.3) is 11.6 Å². The highest BCUT2D eigenvalue weighted by molar-refractivity contribution is 7.99. The van der Waals surface area contributed by atoms with Crippen molar-refractivity contribution in [1.29, 1.82) is 0 Å². The molecule has 4 aromatic rings. The van der Waals surface area contributed by atoms with Crippen LogP contribution in [0.2, 0.25) is 0 Å². The van der Waals surface area contributed by atoms with Gasteiger partial charge in [-0.3, -0.25) is 9.36 Å². The Labute approximate surface area is 198 Å². The van der Waals surface area contributed by atoms with Gasteiger partial charge in [0, 0.05) is 6.54 Å². The van der Waals surface area contributed by atoms with E-state index in [1.54, 1.807) is 24.5 Å². The van der Waals surface area contributed by atoms with Gasteiger partial charge in [0.25, 0.3) is 0 Å². The highest BCUT2D eigenvalue weighted by Crippen LogP contribution is 2.32. The molecule has 0 atom stereocenters. The van der Waals surface area contributed by atoms with Crippen molar-refractivity contribution in [3.8, 4) is 11.6 Å². The minimum Gasteiger partial charge on any atom is -0.461 e. The Hall–Kier alpha value is -3.53. The molecule has 6 nitrogen and oxygen atoms in total. The van der Waals surface area contributed by atoms with Crippen LogP contribution in [0.15, 0.2) is 82.6 Å². The fraction of sp³-hybridized carbons (Fsp3) is 0.208. The first-order valence-corrected chi connectivity index (χ1v) is 11.5. The lowest BCUT2D eigenvalue weighted by Gasteiger charge is -2.13. The molecule has 1 N–H and O–H groups in total. The van der Waals surface area contributed by atoms with Crippen LogP contribution in [0.4, 0.5) is 13.2 Å². The number of carbonyl (C=O) groups is 1. The predicted molar refractivity (Wildman–Crippen MR) is 122 cm³/mol. The molecule has 4 rings (SSSR count). The molecule has 0 aliphatic carbocycles. The first kappa shape index (κ1) is 23.6. The first-order chi connectivity index (χ1) is 16.4. The molecule has 1 amide bonds. The van der Waals surface area contributed by atoms with Crippen LogP contribution in [0.3, 0.4) is 0 Å². The second-order valence-electron chi connectivity index (χ2n) is 7.40. The monoisotopic (exact) mass is 486 g/mol. The van der Waals surface area contributed by atoms with Gasteiger partial charge in [0.15, 0.2) is 10.9 Å². The molecule has 0 radical (unpaired) electrons. The summed E-state index contributed by atoms with van der Waals surface area (Å²) < 4.78 is 46.7. The summed E-state index contributed by atoms with van der Waals surface area (Å²) in [6.45, 7) is 0.586. The van der Waals surface area contributed by atoms with E-state index < -0.39 is 11.7 Å². The third kappa shape index (κ3) is 5.88. The fourth-order valence-electron chi connectivity index (χ4n) is 3.42. The van der Waals surface area contributed by atoms with Crippen LogP contribution in [-0.4, -0.2) is 33.0 Å². The number of hydrogen-bond donors (Lipinski definition) is 1. The van der Waals surface area contributed by atoms with E-state index in [1.807, 2.05) is 34.9 Å². The number of aromatic nitrogens is 3. The van der Waals surface area contributed by atoms with E-state index in [1.165, 1.54) is 23.9 Å². The molecule has 0 saturated carbocycles. The molecule has 10 heteroatoms. The summed E-state index contributed by atoms with van der Waals surface area (Å²) in [5.74, 6) is 0.846. The number of alkyl halides is 3. The second kappa shape index (κ2) is 10.6. The van der Waals surface area contributed by atoms with E-state index in [0.29, 0.717) is 23.3 Å². The van der Waals surface area contributed by atoms with Gasteiger partial charge in [0.2, 0.25) is 11.7 Å². The Morgan fingerprint density at radius 2 is 1.76 bits per heavy atom. The number of benzene rings is 2. The number of nitrogens with zero attached hydrogens (tertiary/aromatic N) is 3. The van der Waals surface area contributed by atoms with Gasteiger partial charge in [-0.25, -0.2) is 0 Å².